The fraction of sp³-hybridized carbons (Fsp3) is 0.154. The number of anilines is 2. The minimum absolute atomic E-state index is 0.136. The van der Waals surface area contributed by atoms with Gasteiger partial charge in [-0.1, -0.05) is 35.5 Å². The number of hydrogen-bond acceptors (Lipinski definition) is 6. The molecule has 4 rings (SSSR count). The van der Waals surface area contributed by atoms with E-state index < -0.39 is 0 Å². The number of nitrogens with zero attached hydrogens (tertiary/aromatic N) is 3. The Bertz CT molecular complexity index is 1330. The Labute approximate surface area is 207 Å². The van der Waals surface area contributed by atoms with Crippen molar-refractivity contribution in [2.75, 3.05) is 23.5 Å². The lowest BCUT2D eigenvalue weighted by Crippen LogP contribution is -2.15. The highest BCUT2D eigenvalue weighted by molar-refractivity contribution is 7.99. The second-order valence-electron chi connectivity index (χ2n) is 7.80. The van der Waals surface area contributed by atoms with Gasteiger partial charge in [-0.15, -0.1) is 10.2 Å². The molecule has 0 saturated carbocycles. The maximum atomic E-state index is 12.7. The Hall–Kier alpha value is -4.11. The molecule has 3 aromatic carbocycles. The second-order valence-corrected chi connectivity index (χ2v) is 8.75. The Morgan fingerprint density at radius 3 is 2.29 bits per heavy atom. The molecule has 0 aliphatic heterocycles. The van der Waals surface area contributed by atoms with E-state index in [1.54, 1.807) is 31.4 Å². The highest BCUT2D eigenvalue weighted by Crippen LogP contribution is 2.29. The number of aryl methyl sites for hydroxylation is 1. The maximum absolute atomic E-state index is 12.7. The van der Waals surface area contributed by atoms with Crippen molar-refractivity contribution in [3.05, 3.63) is 78.4 Å². The van der Waals surface area contributed by atoms with E-state index in [0.717, 1.165) is 22.6 Å². The summed E-state index contributed by atoms with van der Waals surface area (Å²) in [5.41, 5.74) is 4.14. The lowest BCUT2D eigenvalue weighted by atomic mass is 10.2. The normalized spacial score (nSPS) is 10.6. The van der Waals surface area contributed by atoms with Crippen molar-refractivity contribution < 1.29 is 14.3 Å². The van der Waals surface area contributed by atoms with Gasteiger partial charge in [0.15, 0.2) is 11.0 Å². The molecule has 0 atom stereocenters. The topological polar surface area (TPSA) is 98.1 Å². The molecular weight excluding hydrogens is 462 g/mol. The summed E-state index contributed by atoms with van der Waals surface area (Å²) in [6.07, 6.45) is 0. The lowest BCUT2D eigenvalue weighted by Gasteiger charge is -2.11. The number of ether oxygens (including phenoxy) is 1. The zero-order chi connectivity index (χ0) is 24.8. The number of thioether (sulfide) groups is 1. The predicted molar refractivity (Wildman–Crippen MR) is 138 cm³/mol. The van der Waals surface area contributed by atoms with Gasteiger partial charge >= 0.3 is 0 Å². The molecule has 0 aliphatic carbocycles. The molecule has 1 heterocycles. The zero-order valence-electron chi connectivity index (χ0n) is 19.6. The van der Waals surface area contributed by atoms with Crippen molar-refractivity contribution in [2.24, 2.45) is 0 Å². The molecule has 0 radical (unpaired) electrons. The van der Waals surface area contributed by atoms with E-state index in [-0.39, 0.29) is 17.6 Å². The Kier molecular flexibility index (Phi) is 7.47. The molecule has 2 amide bonds. The SMILES string of the molecule is COc1ccc(-c2nnc(SCC(=O)Nc3cccc(NC(C)=O)c3)n2-c2ccc(C)cc2)cc1. The first-order chi connectivity index (χ1) is 16.9. The van der Waals surface area contributed by atoms with Crippen LogP contribution in [0.25, 0.3) is 17.1 Å². The van der Waals surface area contributed by atoms with Gasteiger partial charge in [-0.25, -0.2) is 0 Å². The number of carbonyl (C=O) groups is 2. The van der Waals surface area contributed by atoms with Crippen LogP contribution in [0.3, 0.4) is 0 Å². The predicted octanol–water partition coefficient (Wildman–Crippen LogP) is 4.94. The van der Waals surface area contributed by atoms with Gasteiger partial charge in [0.05, 0.1) is 12.9 Å². The molecule has 8 nitrogen and oxygen atoms in total. The number of nitrogens with one attached hydrogen (secondary N) is 2. The number of hydrogen-bond donors (Lipinski definition) is 2. The van der Waals surface area contributed by atoms with Gasteiger partial charge in [0.2, 0.25) is 11.8 Å². The van der Waals surface area contributed by atoms with Crippen LogP contribution in [0.4, 0.5) is 11.4 Å². The number of rotatable bonds is 8. The van der Waals surface area contributed by atoms with Crippen molar-refractivity contribution in [2.45, 2.75) is 19.0 Å². The van der Waals surface area contributed by atoms with E-state index in [1.807, 2.05) is 60.0 Å². The van der Waals surface area contributed by atoms with Crippen LogP contribution in [-0.2, 0) is 9.59 Å². The molecule has 178 valence electrons. The fourth-order valence-electron chi connectivity index (χ4n) is 3.42. The molecule has 0 aliphatic rings. The zero-order valence-corrected chi connectivity index (χ0v) is 20.4. The molecule has 1 aromatic heterocycles. The number of methoxy groups -OCH3 is 1. The molecule has 0 saturated heterocycles. The summed E-state index contributed by atoms with van der Waals surface area (Å²) >= 11 is 1.29. The van der Waals surface area contributed by atoms with Gasteiger partial charge in [0.1, 0.15) is 5.75 Å². The maximum Gasteiger partial charge on any atom is 0.234 e. The fourth-order valence-corrected chi connectivity index (χ4v) is 4.17. The number of aromatic nitrogens is 3. The van der Waals surface area contributed by atoms with Crippen molar-refractivity contribution in [1.82, 2.24) is 14.8 Å². The van der Waals surface area contributed by atoms with Crippen LogP contribution >= 0.6 is 11.8 Å². The number of carbonyl (C=O) groups excluding carboxylic acids is 2. The second kappa shape index (κ2) is 10.9. The van der Waals surface area contributed by atoms with Gasteiger partial charge < -0.3 is 15.4 Å². The molecule has 0 unspecified atom stereocenters. The van der Waals surface area contributed by atoms with Gasteiger partial charge in [0.25, 0.3) is 0 Å². The summed E-state index contributed by atoms with van der Waals surface area (Å²) in [5, 5.41) is 15.0. The first-order valence-electron chi connectivity index (χ1n) is 10.9. The number of benzene rings is 3. The Balaban J connectivity index is 1.55. The quantitative estimate of drug-likeness (QED) is 0.342. The van der Waals surface area contributed by atoms with Crippen LogP contribution in [0.5, 0.6) is 5.75 Å². The first kappa shape index (κ1) is 24.0. The standard InChI is InChI=1S/C26H25N5O3S/c1-17-7-11-22(12-8-17)31-25(19-9-13-23(34-3)14-10-19)29-30-26(31)35-16-24(33)28-21-6-4-5-20(15-21)27-18(2)32/h4-15H,16H2,1-3H3,(H,27,32)(H,28,33). The van der Waals surface area contributed by atoms with E-state index in [1.165, 1.54) is 18.7 Å². The third kappa shape index (κ3) is 6.07. The summed E-state index contributed by atoms with van der Waals surface area (Å²) < 4.78 is 7.21. The minimum atomic E-state index is -0.195. The molecule has 0 spiro atoms. The average Bonchev–Trinajstić information content (AvgIpc) is 3.27. The van der Waals surface area contributed by atoms with Crippen molar-refractivity contribution in [3.63, 3.8) is 0 Å². The van der Waals surface area contributed by atoms with E-state index in [4.69, 9.17) is 4.74 Å². The van der Waals surface area contributed by atoms with E-state index in [2.05, 4.69) is 20.8 Å². The van der Waals surface area contributed by atoms with Crippen LogP contribution in [0.1, 0.15) is 12.5 Å². The third-order valence-corrected chi connectivity index (χ3v) is 6.00. The average molecular weight is 488 g/mol. The minimum Gasteiger partial charge on any atom is -0.497 e. The van der Waals surface area contributed by atoms with Gasteiger partial charge in [-0.2, -0.15) is 0 Å². The summed E-state index contributed by atoms with van der Waals surface area (Å²) in [7, 11) is 1.62. The molecule has 9 heteroatoms. The highest BCUT2D eigenvalue weighted by Gasteiger charge is 2.17. The van der Waals surface area contributed by atoms with Gasteiger partial charge in [-0.05, 0) is 61.5 Å². The molecule has 0 bridgehead atoms. The van der Waals surface area contributed by atoms with Crippen molar-refractivity contribution in [1.29, 1.82) is 0 Å². The van der Waals surface area contributed by atoms with Gasteiger partial charge in [-0.3, -0.25) is 14.2 Å². The molecule has 2 N–H and O–H groups in total. The van der Waals surface area contributed by atoms with Gasteiger partial charge in [0, 0.05) is 29.5 Å². The molecular formula is C26H25N5O3S. The molecule has 0 fully saturated rings. The summed E-state index contributed by atoms with van der Waals surface area (Å²) in [6, 6.07) is 22.7. The number of amides is 2. The van der Waals surface area contributed by atoms with Crippen LogP contribution in [0.2, 0.25) is 0 Å². The summed E-state index contributed by atoms with van der Waals surface area (Å²) in [6.45, 7) is 3.47. The van der Waals surface area contributed by atoms with E-state index in [0.29, 0.717) is 22.4 Å². The largest absolute Gasteiger partial charge is 0.497 e. The van der Waals surface area contributed by atoms with E-state index >= 15 is 0 Å². The smallest absolute Gasteiger partial charge is 0.234 e. The van der Waals surface area contributed by atoms with E-state index in [9.17, 15) is 9.59 Å². The molecule has 4 aromatic rings. The van der Waals surface area contributed by atoms with Crippen LogP contribution < -0.4 is 15.4 Å². The van der Waals surface area contributed by atoms with Crippen LogP contribution in [0, 0.1) is 6.92 Å². The lowest BCUT2D eigenvalue weighted by molar-refractivity contribution is -0.114. The highest BCUT2D eigenvalue weighted by atomic mass is 32.2. The van der Waals surface area contributed by atoms with Crippen LogP contribution in [-0.4, -0.2) is 39.4 Å². The van der Waals surface area contributed by atoms with Crippen LogP contribution in [0.15, 0.2) is 78.0 Å². The summed E-state index contributed by atoms with van der Waals surface area (Å²) in [4.78, 5) is 24.0. The van der Waals surface area contributed by atoms with Crippen molar-refractivity contribution in [3.8, 4) is 22.8 Å². The Morgan fingerprint density at radius 2 is 1.63 bits per heavy atom. The first-order valence-corrected chi connectivity index (χ1v) is 11.9. The monoisotopic (exact) mass is 487 g/mol. The Morgan fingerprint density at radius 1 is 0.943 bits per heavy atom. The molecule has 35 heavy (non-hydrogen) atoms. The summed E-state index contributed by atoms with van der Waals surface area (Å²) in [5.74, 6) is 1.19. The van der Waals surface area contributed by atoms with Crippen molar-refractivity contribution >= 4 is 35.0 Å². The third-order valence-electron chi connectivity index (χ3n) is 5.07.